The van der Waals surface area contributed by atoms with Crippen molar-refractivity contribution in [3.05, 3.63) is 63.6 Å². The van der Waals surface area contributed by atoms with Crippen molar-refractivity contribution in [3.8, 4) is 0 Å². The lowest BCUT2D eigenvalue weighted by Crippen LogP contribution is -2.28. The molecule has 0 aliphatic rings. The Morgan fingerprint density at radius 2 is 1.95 bits per heavy atom. The maximum absolute atomic E-state index is 13.5. The van der Waals surface area contributed by atoms with Crippen LogP contribution in [0.1, 0.15) is 11.1 Å². The van der Waals surface area contributed by atoms with Gasteiger partial charge in [-0.3, -0.25) is 0 Å². The molecule has 21 heavy (non-hydrogen) atoms. The highest BCUT2D eigenvalue weighted by atomic mass is 79.9. The molecule has 0 bridgehead atoms. The summed E-state index contributed by atoms with van der Waals surface area (Å²) in [4.78, 5) is 0. The predicted octanol–water partition coefficient (Wildman–Crippen LogP) is 4.52. The summed E-state index contributed by atoms with van der Waals surface area (Å²) in [7, 11) is 0. The van der Waals surface area contributed by atoms with E-state index in [2.05, 4.69) is 26.6 Å². The van der Waals surface area contributed by atoms with Crippen LogP contribution in [0.15, 0.2) is 40.9 Å². The summed E-state index contributed by atoms with van der Waals surface area (Å²) >= 11 is 8.56. The average molecular weight is 371 g/mol. The maximum atomic E-state index is 13.5. The first-order chi connectivity index (χ1) is 9.95. The van der Waals surface area contributed by atoms with E-state index in [1.807, 2.05) is 25.1 Å². The van der Waals surface area contributed by atoms with Gasteiger partial charge in [0, 0.05) is 22.3 Å². The van der Waals surface area contributed by atoms with Gasteiger partial charge in [-0.15, -0.1) is 0 Å². The van der Waals surface area contributed by atoms with Crippen molar-refractivity contribution in [2.45, 2.75) is 13.5 Å². The highest BCUT2D eigenvalue weighted by Crippen LogP contribution is 2.20. The second-order valence-corrected chi connectivity index (χ2v) is 5.77. The molecule has 0 amide bonds. The van der Waals surface area contributed by atoms with Crippen LogP contribution in [0.25, 0.3) is 0 Å². The van der Waals surface area contributed by atoms with E-state index in [1.54, 1.807) is 0 Å². The molecule has 0 heterocycles. The fourth-order valence-corrected chi connectivity index (χ4v) is 2.19. The van der Waals surface area contributed by atoms with Gasteiger partial charge in [-0.1, -0.05) is 15.9 Å². The molecule has 2 N–H and O–H groups in total. The molecule has 0 aromatic heterocycles. The van der Waals surface area contributed by atoms with Crippen LogP contribution in [0, 0.1) is 18.6 Å². The fraction of sp³-hybridized carbons (Fsp3) is 0.133. The molecule has 0 saturated carbocycles. The first-order valence-electron chi connectivity index (χ1n) is 6.20. The van der Waals surface area contributed by atoms with Gasteiger partial charge in [0.2, 0.25) is 0 Å². The molecule has 2 aromatic rings. The summed E-state index contributed by atoms with van der Waals surface area (Å²) in [6.45, 7) is 2.08. The lowest BCUT2D eigenvalue weighted by Gasteiger charge is -2.12. The van der Waals surface area contributed by atoms with Gasteiger partial charge < -0.3 is 10.6 Å². The molecule has 0 radical (unpaired) electrons. The Hall–Kier alpha value is -1.53. The van der Waals surface area contributed by atoms with Gasteiger partial charge in [0.15, 0.2) is 5.11 Å². The molecule has 2 aromatic carbocycles. The van der Waals surface area contributed by atoms with Gasteiger partial charge in [-0.2, -0.15) is 0 Å². The largest absolute Gasteiger partial charge is 0.358 e. The van der Waals surface area contributed by atoms with Gasteiger partial charge in [0.1, 0.15) is 11.6 Å². The van der Waals surface area contributed by atoms with E-state index >= 15 is 0 Å². The van der Waals surface area contributed by atoms with Gasteiger partial charge >= 0.3 is 0 Å². The van der Waals surface area contributed by atoms with Crippen molar-refractivity contribution in [1.29, 1.82) is 0 Å². The van der Waals surface area contributed by atoms with Crippen LogP contribution >= 0.6 is 28.1 Å². The highest BCUT2D eigenvalue weighted by Gasteiger charge is 2.05. The van der Waals surface area contributed by atoms with Crippen molar-refractivity contribution >= 4 is 38.9 Å². The number of halogens is 3. The normalized spacial score (nSPS) is 10.3. The van der Waals surface area contributed by atoms with Crippen molar-refractivity contribution in [1.82, 2.24) is 5.32 Å². The predicted molar refractivity (Wildman–Crippen MR) is 88.3 cm³/mol. The fourth-order valence-electron chi connectivity index (χ4n) is 1.75. The first-order valence-corrected chi connectivity index (χ1v) is 7.41. The number of hydrogen-bond donors (Lipinski definition) is 2. The minimum Gasteiger partial charge on any atom is -0.358 e. The van der Waals surface area contributed by atoms with Crippen LogP contribution in [-0.2, 0) is 6.54 Å². The molecule has 0 unspecified atom stereocenters. The Bertz CT molecular complexity index is 677. The number of hydrogen-bond acceptors (Lipinski definition) is 1. The molecular formula is C15H13BrF2N2S. The number of thiocarbonyl (C=S) groups is 1. The number of rotatable bonds is 3. The Balaban J connectivity index is 1.95. The zero-order chi connectivity index (χ0) is 15.4. The van der Waals surface area contributed by atoms with Crippen LogP contribution in [0.4, 0.5) is 14.5 Å². The summed E-state index contributed by atoms with van der Waals surface area (Å²) in [6, 6.07) is 9.04. The van der Waals surface area contributed by atoms with Gasteiger partial charge in [0.05, 0.1) is 0 Å². The number of aryl methyl sites for hydroxylation is 1. The van der Waals surface area contributed by atoms with E-state index in [1.165, 1.54) is 0 Å². The molecule has 0 saturated heterocycles. The van der Waals surface area contributed by atoms with E-state index in [4.69, 9.17) is 12.2 Å². The van der Waals surface area contributed by atoms with Crippen LogP contribution in [0.5, 0.6) is 0 Å². The third-order valence-electron chi connectivity index (χ3n) is 2.86. The lowest BCUT2D eigenvalue weighted by atomic mass is 10.2. The van der Waals surface area contributed by atoms with E-state index in [0.29, 0.717) is 5.11 Å². The summed E-state index contributed by atoms with van der Waals surface area (Å²) in [5, 5.41) is 6.20. The van der Waals surface area contributed by atoms with Crippen LogP contribution in [-0.4, -0.2) is 5.11 Å². The number of anilines is 1. The van der Waals surface area contributed by atoms with Crippen molar-refractivity contribution < 1.29 is 8.78 Å². The minimum absolute atomic E-state index is 0.116. The molecule has 6 heteroatoms. The molecule has 2 rings (SSSR count). The molecule has 110 valence electrons. The minimum atomic E-state index is -0.476. The lowest BCUT2D eigenvalue weighted by molar-refractivity contribution is 0.582. The van der Waals surface area contributed by atoms with Crippen LogP contribution in [0.2, 0.25) is 0 Å². The molecule has 0 atom stereocenters. The van der Waals surface area contributed by atoms with E-state index < -0.39 is 11.6 Å². The summed E-state index contributed by atoms with van der Waals surface area (Å²) in [5.74, 6) is -0.943. The Labute approximate surface area is 135 Å². The number of nitrogens with one attached hydrogen (secondary N) is 2. The Morgan fingerprint density at radius 1 is 1.19 bits per heavy atom. The second-order valence-electron chi connectivity index (χ2n) is 4.51. The third-order valence-corrected chi connectivity index (χ3v) is 4.00. The summed E-state index contributed by atoms with van der Waals surface area (Å²) < 4.78 is 27.5. The highest BCUT2D eigenvalue weighted by molar-refractivity contribution is 9.10. The third kappa shape index (κ3) is 4.47. The van der Waals surface area contributed by atoms with Crippen molar-refractivity contribution in [2.24, 2.45) is 0 Å². The van der Waals surface area contributed by atoms with E-state index in [-0.39, 0.29) is 12.1 Å². The zero-order valence-corrected chi connectivity index (χ0v) is 13.6. The molecule has 0 aliphatic heterocycles. The quantitative estimate of drug-likeness (QED) is 0.776. The monoisotopic (exact) mass is 370 g/mol. The van der Waals surface area contributed by atoms with Crippen molar-refractivity contribution in [2.75, 3.05) is 5.32 Å². The Morgan fingerprint density at radius 3 is 2.67 bits per heavy atom. The smallest absolute Gasteiger partial charge is 0.171 e. The van der Waals surface area contributed by atoms with E-state index in [0.717, 1.165) is 33.9 Å². The molecule has 0 spiro atoms. The number of benzene rings is 2. The zero-order valence-electron chi connectivity index (χ0n) is 11.2. The van der Waals surface area contributed by atoms with Gasteiger partial charge in [-0.25, -0.2) is 8.78 Å². The topological polar surface area (TPSA) is 24.1 Å². The molecule has 2 nitrogen and oxygen atoms in total. The van der Waals surface area contributed by atoms with E-state index in [9.17, 15) is 8.78 Å². The van der Waals surface area contributed by atoms with Crippen molar-refractivity contribution in [3.63, 3.8) is 0 Å². The van der Waals surface area contributed by atoms with Crippen LogP contribution in [0.3, 0.4) is 0 Å². The Kier molecular flexibility index (Phi) is 5.25. The summed E-state index contributed by atoms with van der Waals surface area (Å²) in [6.07, 6.45) is 0. The SMILES string of the molecule is Cc1cc(NC(=S)NCc2cc(F)ccc2F)ccc1Br. The molecule has 0 aliphatic carbocycles. The first kappa shape index (κ1) is 15.9. The molecular weight excluding hydrogens is 358 g/mol. The molecule has 0 fully saturated rings. The van der Waals surface area contributed by atoms with Gasteiger partial charge in [0.25, 0.3) is 0 Å². The standard InChI is InChI=1S/C15H13BrF2N2S/c1-9-6-12(3-4-13(9)16)20-15(21)19-8-10-7-11(17)2-5-14(10)18/h2-7H,8H2,1H3,(H2,19,20,21). The second kappa shape index (κ2) is 6.95. The summed E-state index contributed by atoms with van der Waals surface area (Å²) in [5.41, 5.74) is 2.12. The van der Waals surface area contributed by atoms with Gasteiger partial charge in [-0.05, 0) is 61.1 Å². The maximum Gasteiger partial charge on any atom is 0.171 e. The van der Waals surface area contributed by atoms with Crippen LogP contribution < -0.4 is 10.6 Å². The average Bonchev–Trinajstić information content (AvgIpc) is 2.44.